The van der Waals surface area contributed by atoms with Gasteiger partial charge in [0.2, 0.25) is 0 Å². The molecule has 2 saturated heterocycles. The maximum Gasteiger partial charge on any atom is 0.327 e. The highest BCUT2D eigenvalue weighted by Gasteiger charge is 2.54. The van der Waals surface area contributed by atoms with Gasteiger partial charge in [-0.25, -0.2) is 24.1 Å². The Labute approximate surface area is 230 Å². The molecule has 1 aliphatic carbocycles. The maximum atomic E-state index is 15.7. The molecule has 0 bridgehead atoms. The molecule has 5 heterocycles. The highest BCUT2D eigenvalue weighted by molar-refractivity contribution is 6.17. The molecule has 3 aliphatic heterocycles. The van der Waals surface area contributed by atoms with Gasteiger partial charge in [0, 0.05) is 62.7 Å². The second-order valence-electron chi connectivity index (χ2n) is 10.9. The van der Waals surface area contributed by atoms with Gasteiger partial charge in [-0.3, -0.25) is 14.6 Å². The summed E-state index contributed by atoms with van der Waals surface area (Å²) in [5, 5.41) is 6.34. The van der Waals surface area contributed by atoms with Crippen LogP contribution in [0.3, 0.4) is 0 Å². The summed E-state index contributed by atoms with van der Waals surface area (Å²) in [6.07, 6.45) is 1.42. The molecule has 3 fully saturated rings. The number of rotatable bonds is 6. The fraction of sp³-hybridized carbons (Fsp3) is 0.464. The lowest BCUT2D eigenvalue weighted by Gasteiger charge is -2.37. The van der Waals surface area contributed by atoms with Crippen molar-refractivity contribution in [1.29, 1.82) is 0 Å². The van der Waals surface area contributed by atoms with Crippen LogP contribution >= 0.6 is 0 Å². The van der Waals surface area contributed by atoms with Crippen molar-refractivity contribution in [1.82, 2.24) is 25.2 Å². The number of nitrogens with zero attached hydrogens (tertiary/aromatic N) is 6. The Hall–Kier alpha value is -3.90. The van der Waals surface area contributed by atoms with Crippen molar-refractivity contribution in [3.63, 3.8) is 0 Å². The van der Waals surface area contributed by atoms with Gasteiger partial charge in [0.05, 0.1) is 41.2 Å². The van der Waals surface area contributed by atoms with Gasteiger partial charge in [-0.1, -0.05) is 0 Å². The lowest BCUT2D eigenvalue weighted by Crippen LogP contribution is -2.46. The molecule has 2 aromatic heterocycles. The molecule has 3 atom stereocenters. The number of fused-ring (bicyclic) bond motifs is 1. The Bertz CT molecular complexity index is 1520. The molecule has 4 aliphatic rings. The molecule has 12 heteroatoms. The number of nitrogens with one attached hydrogen (secondary N) is 2. The fourth-order valence-corrected chi connectivity index (χ4v) is 6.32. The number of benzene rings is 1. The average Bonchev–Trinajstić information content (AvgIpc) is 3.35. The monoisotopic (exact) mass is 546 g/mol. The number of pyridine rings is 1. The van der Waals surface area contributed by atoms with Crippen LogP contribution in [-0.4, -0.2) is 83.8 Å². The summed E-state index contributed by atoms with van der Waals surface area (Å²) in [5.74, 6) is 0.756. The van der Waals surface area contributed by atoms with Crippen LogP contribution in [0.2, 0.25) is 0 Å². The van der Waals surface area contributed by atoms with E-state index in [-0.39, 0.29) is 17.6 Å². The normalized spacial score (nSPS) is 23.8. The van der Waals surface area contributed by atoms with Crippen LogP contribution in [0.25, 0.3) is 10.9 Å². The number of aromatic nitrogens is 3. The quantitative estimate of drug-likeness (QED) is 0.485. The molecule has 2 N–H and O–H groups in total. The van der Waals surface area contributed by atoms with Crippen molar-refractivity contribution in [2.24, 2.45) is 11.8 Å². The third-order valence-electron chi connectivity index (χ3n) is 8.62. The topological polar surface area (TPSA) is 116 Å². The van der Waals surface area contributed by atoms with E-state index in [4.69, 9.17) is 4.74 Å². The summed E-state index contributed by atoms with van der Waals surface area (Å²) >= 11 is 0. The molecule has 0 unspecified atom stereocenters. The minimum Gasteiger partial charge on any atom is -0.381 e. The zero-order valence-corrected chi connectivity index (χ0v) is 22.5. The van der Waals surface area contributed by atoms with Gasteiger partial charge < -0.3 is 20.3 Å². The van der Waals surface area contributed by atoms with Crippen molar-refractivity contribution >= 4 is 40.0 Å². The van der Waals surface area contributed by atoms with Crippen LogP contribution in [-0.2, 0) is 11.3 Å². The molecule has 0 spiro atoms. The van der Waals surface area contributed by atoms with Gasteiger partial charge in [0.15, 0.2) is 5.82 Å². The van der Waals surface area contributed by atoms with Crippen molar-refractivity contribution in [3.8, 4) is 0 Å². The average molecular weight is 547 g/mol. The number of carbonyl (C=O) groups is 2. The van der Waals surface area contributed by atoms with Crippen LogP contribution in [0.4, 0.5) is 26.4 Å². The Morgan fingerprint density at radius 3 is 2.67 bits per heavy atom. The lowest BCUT2D eigenvalue weighted by molar-refractivity contribution is 0.0923. The van der Waals surface area contributed by atoms with E-state index in [0.717, 1.165) is 50.8 Å². The minimum absolute atomic E-state index is 0.133. The first-order valence-corrected chi connectivity index (χ1v) is 13.8. The van der Waals surface area contributed by atoms with Crippen molar-refractivity contribution < 1.29 is 18.7 Å². The Morgan fingerprint density at radius 2 is 1.95 bits per heavy atom. The number of hydrogen-bond donors (Lipinski definition) is 2. The molecule has 11 nitrogen and oxygen atoms in total. The van der Waals surface area contributed by atoms with E-state index in [2.05, 4.69) is 35.4 Å². The molecular weight excluding hydrogens is 515 g/mol. The lowest BCUT2D eigenvalue weighted by atomic mass is 10.1. The first-order valence-electron chi connectivity index (χ1n) is 13.8. The molecule has 1 aromatic carbocycles. The summed E-state index contributed by atoms with van der Waals surface area (Å²) in [5.41, 5.74) is 3.50. The first-order chi connectivity index (χ1) is 19.4. The van der Waals surface area contributed by atoms with Gasteiger partial charge in [0.1, 0.15) is 17.8 Å². The number of halogens is 1. The highest BCUT2D eigenvalue weighted by Crippen LogP contribution is 2.44. The zero-order chi connectivity index (χ0) is 27.5. The van der Waals surface area contributed by atoms with Gasteiger partial charge in [0.25, 0.3) is 5.91 Å². The SMILES string of the molecule is CCN1C(=O)Nc2c(F)c(CN3CCN(c4ccc(C(=O)N[C@@H]5[C@@H]6COC[C@@H]65)nc4C)CC3)cc3ncnc1c23. The van der Waals surface area contributed by atoms with Crippen molar-refractivity contribution in [2.45, 2.75) is 26.4 Å². The molecule has 3 aromatic rings. The number of piperazine rings is 1. The van der Waals surface area contributed by atoms with Gasteiger partial charge in [-0.2, -0.15) is 0 Å². The van der Waals surface area contributed by atoms with Crippen molar-refractivity contribution in [3.05, 3.63) is 47.3 Å². The van der Waals surface area contributed by atoms with Gasteiger partial charge in [-0.15, -0.1) is 0 Å². The fourth-order valence-electron chi connectivity index (χ4n) is 6.32. The minimum atomic E-state index is -0.439. The number of hydrogen-bond acceptors (Lipinski definition) is 8. The van der Waals surface area contributed by atoms with E-state index >= 15 is 4.39 Å². The number of aryl methyl sites for hydroxylation is 1. The molecule has 208 valence electrons. The Kier molecular flexibility index (Phi) is 6.04. The van der Waals surface area contributed by atoms with Crippen LogP contribution in [0, 0.1) is 24.6 Å². The second-order valence-corrected chi connectivity index (χ2v) is 10.9. The number of ether oxygens (including phenoxy) is 1. The molecule has 3 amide bonds. The van der Waals surface area contributed by atoms with Crippen LogP contribution in [0.1, 0.15) is 28.7 Å². The van der Waals surface area contributed by atoms with Crippen LogP contribution in [0.15, 0.2) is 24.5 Å². The van der Waals surface area contributed by atoms with Crippen LogP contribution in [0.5, 0.6) is 0 Å². The Balaban J connectivity index is 1.02. The molecule has 0 radical (unpaired) electrons. The molecule has 7 rings (SSSR count). The third kappa shape index (κ3) is 4.13. The van der Waals surface area contributed by atoms with E-state index in [1.165, 1.54) is 11.2 Å². The standard InChI is InChI=1S/C28H31FN8O3/c1-3-37-26-22-20(30-14-31-26)10-16(23(29)25(22)34-28(37)39)11-35-6-8-36(9-7-35)21-5-4-19(32-15(21)2)27(38)33-24-17-12-40-13-18(17)24/h4-5,10,14,17-18,24H,3,6-9,11-13H2,1-2H3,(H,33,38)(H,34,39)/t17-,18+,24-. The summed E-state index contributed by atoms with van der Waals surface area (Å²) in [6.45, 7) is 9.01. The van der Waals surface area contributed by atoms with E-state index < -0.39 is 11.8 Å². The number of carbonyl (C=O) groups excluding carboxylic acids is 2. The molecule has 40 heavy (non-hydrogen) atoms. The molecule has 1 saturated carbocycles. The van der Waals surface area contributed by atoms with E-state index in [0.29, 0.717) is 52.9 Å². The number of anilines is 3. The number of amides is 3. The predicted molar refractivity (Wildman–Crippen MR) is 147 cm³/mol. The van der Waals surface area contributed by atoms with Gasteiger partial charge in [-0.05, 0) is 32.0 Å². The maximum absolute atomic E-state index is 15.7. The zero-order valence-electron chi connectivity index (χ0n) is 22.5. The summed E-state index contributed by atoms with van der Waals surface area (Å²) in [4.78, 5) is 44.4. The smallest absolute Gasteiger partial charge is 0.327 e. The van der Waals surface area contributed by atoms with Gasteiger partial charge >= 0.3 is 6.03 Å². The van der Waals surface area contributed by atoms with E-state index in [1.807, 2.05) is 19.9 Å². The summed E-state index contributed by atoms with van der Waals surface area (Å²) < 4.78 is 21.1. The summed E-state index contributed by atoms with van der Waals surface area (Å²) in [7, 11) is 0. The first kappa shape index (κ1) is 25.1. The van der Waals surface area contributed by atoms with Crippen LogP contribution < -0.4 is 20.4 Å². The summed E-state index contributed by atoms with van der Waals surface area (Å²) in [6, 6.07) is 5.34. The van der Waals surface area contributed by atoms with Crippen molar-refractivity contribution in [2.75, 3.05) is 61.1 Å². The Morgan fingerprint density at radius 1 is 1.18 bits per heavy atom. The van der Waals surface area contributed by atoms with E-state index in [9.17, 15) is 9.59 Å². The highest BCUT2D eigenvalue weighted by atomic mass is 19.1. The van der Waals surface area contributed by atoms with E-state index in [1.54, 1.807) is 12.1 Å². The molecular formula is C28H31FN8O3. The number of urea groups is 1. The second kappa shape index (κ2) is 9.63. The third-order valence-corrected chi connectivity index (χ3v) is 8.62. The predicted octanol–water partition coefficient (Wildman–Crippen LogP) is 2.54. The largest absolute Gasteiger partial charge is 0.381 e.